The lowest BCUT2D eigenvalue weighted by Crippen LogP contribution is -2.01. The number of nitro benzene ring substituents is 1. The molecule has 0 aliphatic rings. The van der Waals surface area contributed by atoms with Gasteiger partial charge in [0.2, 0.25) is 0 Å². The van der Waals surface area contributed by atoms with Gasteiger partial charge in [-0.15, -0.1) is 3.89 Å². The van der Waals surface area contributed by atoms with Crippen molar-refractivity contribution < 1.29 is 26.0 Å². The van der Waals surface area contributed by atoms with Crippen LogP contribution in [0.4, 0.5) is 18.4 Å². The van der Waals surface area contributed by atoms with Crippen molar-refractivity contribution in [3.63, 3.8) is 0 Å². The minimum atomic E-state index is -5.53. The number of hydrogen-bond acceptors (Lipinski definition) is 4. The fourth-order valence-electron chi connectivity index (χ4n) is 0.833. The molecule has 0 saturated carbocycles. The maximum Gasteiger partial charge on any atom is 0.335 e. The highest BCUT2D eigenvalue weighted by molar-refractivity contribution is 7.86. The van der Waals surface area contributed by atoms with Crippen LogP contribution in [0.2, 0.25) is 0 Å². The summed E-state index contributed by atoms with van der Waals surface area (Å²) in [5.41, 5.74) is -1.05. The normalized spacial score (nSPS) is 11.4. The van der Waals surface area contributed by atoms with Gasteiger partial charge in [-0.3, -0.25) is 10.1 Å². The van der Waals surface area contributed by atoms with Gasteiger partial charge >= 0.3 is 10.2 Å². The van der Waals surface area contributed by atoms with E-state index in [1.54, 1.807) is 0 Å². The summed E-state index contributed by atoms with van der Waals surface area (Å²) in [6, 6.07) is 0.262. The Morgan fingerprint density at radius 3 is 2.20 bits per heavy atom. The highest BCUT2D eigenvalue weighted by Gasteiger charge is 2.25. The first-order chi connectivity index (χ1) is 6.73. The fraction of sp³-hybridized carbons (Fsp3) is 0. The molecule has 0 amide bonds. The van der Waals surface area contributed by atoms with Crippen LogP contribution in [0, 0.1) is 21.7 Å². The van der Waals surface area contributed by atoms with Crippen molar-refractivity contribution in [1.29, 1.82) is 0 Å². The van der Waals surface area contributed by atoms with E-state index in [0.29, 0.717) is 0 Å². The monoisotopic (exact) mass is 241 g/mol. The Hall–Kier alpha value is -1.64. The van der Waals surface area contributed by atoms with Crippen LogP contribution in [0.1, 0.15) is 0 Å². The smallest absolute Gasteiger partial charge is 0.258 e. The van der Waals surface area contributed by atoms with E-state index in [9.17, 15) is 31.2 Å². The van der Waals surface area contributed by atoms with Crippen molar-refractivity contribution in [1.82, 2.24) is 0 Å². The quantitative estimate of drug-likeness (QED) is 0.447. The number of nitrogens with zero attached hydrogens (tertiary/aromatic N) is 1. The van der Waals surface area contributed by atoms with Crippen molar-refractivity contribution in [2.45, 2.75) is 4.90 Å². The first-order valence-electron chi connectivity index (χ1n) is 3.31. The molecule has 0 saturated heterocycles. The van der Waals surface area contributed by atoms with Gasteiger partial charge in [0.25, 0.3) is 5.69 Å². The molecule has 0 radical (unpaired) electrons. The van der Waals surface area contributed by atoms with Crippen molar-refractivity contribution in [3.8, 4) is 0 Å². The molecule has 1 rings (SSSR count). The second-order valence-electron chi connectivity index (χ2n) is 2.43. The Labute approximate surface area is 81.5 Å². The van der Waals surface area contributed by atoms with Crippen LogP contribution in [0.5, 0.6) is 0 Å². The average molecular weight is 241 g/mol. The zero-order valence-corrected chi connectivity index (χ0v) is 7.59. The Morgan fingerprint density at radius 2 is 1.80 bits per heavy atom. The summed E-state index contributed by atoms with van der Waals surface area (Å²) in [6.07, 6.45) is 0. The van der Waals surface area contributed by atoms with E-state index in [0.717, 1.165) is 0 Å². The maximum atomic E-state index is 12.7. The van der Waals surface area contributed by atoms with Crippen LogP contribution in [0.15, 0.2) is 17.0 Å². The number of benzene rings is 1. The molecular formula is C6H2F3NO4S. The lowest BCUT2D eigenvalue weighted by molar-refractivity contribution is -0.385. The molecule has 0 fully saturated rings. The Kier molecular flexibility index (Phi) is 2.67. The second-order valence-corrected chi connectivity index (χ2v) is 3.75. The Morgan fingerprint density at radius 1 is 1.27 bits per heavy atom. The van der Waals surface area contributed by atoms with E-state index in [1.165, 1.54) is 0 Å². The fourth-order valence-corrected chi connectivity index (χ4v) is 1.41. The molecule has 0 aliphatic heterocycles. The predicted molar refractivity (Wildman–Crippen MR) is 41.3 cm³/mol. The molecule has 15 heavy (non-hydrogen) atoms. The highest BCUT2D eigenvalue weighted by atomic mass is 32.3. The summed E-state index contributed by atoms with van der Waals surface area (Å²) >= 11 is 0. The van der Waals surface area contributed by atoms with Crippen molar-refractivity contribution in [2.75, 3.05) is 0 Å². The molecule has 0 unspecified atom stereocenters. The van der Waals surface area contributed by atoms with Crippen molar-refractivity contribution >= 4 is 15.9 Å². The van der Waals surface area contributed by atoms with Gasteiger partial charge in [0.15, 0.2) is 11.6 Å². The molecule has 0 bridgehead atoms. The first-order valence-corrected chi connectivity index (χ1v) is 4.70. The summed E-state index contributed by atoms with van der Waals surface area (Å²) in [6.45, 7) is 0. The molecule has 5 nitrogen and oxygen atoms in total. The minimum absolute atomic E-state index is 0.105. The zero-order chi connectivity index (χ0) is 11.8. The third-order valence-electron chi connectivity index (χ3n) is 1.45. The lowest BCUT2D eigenvalue weighted by atomic mass is 10.3. The molecule has 82 valence electrons. The van der Waals surface area contributed by atoms with Gasteiger partial charge in [0.1, 0.15) is 4.90 Å². The first kappa shape index (κ1) is 11.4. The maximum absolute atomic E-state index is 12.7. The van der Waals surface area contributed by atoms with Gasteiger partial charge in [0, 0.05) is 6.07 Å². The topological polar surface area (TPSA) is 77.3 Å². The van der Waals surface area contributed by atoms with Crippen LogP contribution in [-0.2, 0) is 10.2 Å². The van der Waals surface area contributed by atoms with Crippen LogP contribution < -0.4 is 0 Å². The molecule has 1 aromatic rings. The molecule has 0 atom stereocenters. The van der Waals surface area contributed by atoms with E-state index >= 15 is 0 Å². The van der Waals surface area contributed by atoms with Crippen LogP contribution in [-0.4, -0.2) is 13.3 Å². The molecule has 0 spiro atoms. The lowest BCUT2D eigenvalue weighted by Gasteiger charge is -1.99. The Bertz CT molecular complexity index is 527. The average Bonchev–Trinajstić information content (AvgIpc) is 2.06. The van der Waals surface area contributed by atoms with Gasteiger partial charge < -0.3 is 0 Å². The minimum Gasteiger partial charge on any atom is -0.258 e. The van der Waals surface area contributed by atoms with Gasteiger partial charge in [-0.2, -0.15) is 8.42 Å². The zero-order valence-electron chi connectivity index (χ0n) is 6.78. The third kappa shape index (κ3) is 2.24. The number of rotatable bonds is 2. The number of non-ortho nitro benzene ring substituents is 1. The standard InChI is InChI=1S/C6H2F3NO4S/c7-4-1-3(10(11)12)2-5(6(4)8)15(9,13)14/h1-2H. The molecule has 0 aliphatic carbocycles. The highest BCUT2D eigenvalue weighted by Crippen LogP contribution is 2.25. The largest absolute Gasteiger partial charge is 0.335 e. The van der Waals surface area contributed by atoms with E-state index in [-0.39, 0.29) is 12.1 Å². The molecule has 0 N–H and O–H groups in total. The molecule has 0 aromatic heterocycles. The van der Waals surface area contributed by atoms with Gasteiger partial charge in [-0.05, 0) is 0 Å². The summed E-state index contributed by atoms with van der Waals surface area (Å²) in [5, 5.41) is 10.1. The van der Waals surface area contributed by atoms with E-state index in [1.807, 2.05) is 0 Å². The van der Waals surface area contributed by atoms with Gasteiger partial charge in [-0.25, -0.2) is 8.78 Å². The van der Waals surface area contributed by atoms with Gasteiger partial charge in [-0.1, -0.05) is 0 Å². The number of halogens is 3. The van der Waals surface area contributed by atoms with Crippen molar-refractivity contribution in [2.24, 2.45) is 0 Å². The third-order valence-corrected chi connectivity index (χ3v) is 2.28. The van der Waals surface area contributed by atoms with Crippen LogP contribution in [0.3, 0.4) is 0 Å². The molecule has 0 heterocycles. The molecule has 9 heteroatoms. The summed E-state index contributed by atoms with van der Waals surface area (Å²) in [7, 11) is -5.53. The summed E-state index contributed by atoms with van der Waals surface area (Å²) in [4.78, 5) is 7.29. The van der Waals surface area contributed by atoms with E-state index in [2.05, 4.69) is 0 Å². The molecular weight excluding hydrogens is 239 g/mol. The SMILES string of the molecule is O=[N+]([O-])c1cc(F)c(F)c(S(=O)(=O)F)c1. The summed E-state index contributed by atoms with van der Waals surface area (Å²) < 4.78 is 58.3. The van der Waals surface area contributed by atoms with Crippen LogP contribution in [0.25, 0.3) is 0 Å². The predicted octanol–water partition coefficient (Wildman–Crippen LogP) is 1.53. The van der Waals surface area contributed by atoms with E-state index < -0.39 is 37.4 Å². The molecule has 1 aromatic carbocycles. The number of nitro groups is 1. The summed E-state index contributed by atoms with van der Waals surface area (Å²) in [5.74, 6) is -3.79. The number of hydrogen-bond donors (Lipinski definition) is 0. The Balaban J connectivity index is 3.59. The second kappa shape index (κ2) is 3.50. The van der Waals surface area contributed by atoms with Crippen LogP contribution >= 0.6 is 0 Å². The van der Waals surface area contributed by atoms with Crippen molar-refractivity contribution in [3.05, 3.63) is 33.9 Å². The van der Waals surface area contributed by atoms with Gasteiger partial charge in [0.05, 0.1) is 11.0 Å². The van der Waals surface area contributed by atoms with E-state index in [4.69, 9.17) is 0 Å².